The minimum Gasteiger partial charge on any atom is -0.496 e. The first-order chi connectivity index (χ1) is 6.97. The number of methoxy groups -OCH3 is 1. The van der Waals surface area contributed by atoms with Crippen LogP contribution in [0.3, 0.4) is 0 Å². The first kappa shape index (κ1) is 12.4. The van der Waals surface area contributed by atoms with Gasteiger partial charge in [0, 0.05) is 16.9 Å². The largest absolute Gasteiger partial charge is 0.496 e. The Balaban J connectivity index is 3.26. The van der Waals surface area contributed by atoms with E-state index in [-0.39, 0.29) is 5.38 Å². The van der Waals surface area contributed by atoms with Crippen molar-refractivity contribution in [1.82, 2.24) is 0 Å². The Morgan fingerprint density at radius 3 is 2.27 bits per heavy atom. The van der Waals surface area contributed by atoms with E-state index in [1.165, 1.54) is 16.7 Å². The number of rotatable bonds is 3. The molecule has 0 aromatic heterocycles. The van der Waals surface area contributed by atoms with Crippen molar-refractivity contribution in [3.8, 4) is 5.75 Å². The summed E-state index contributed by atoms with van der Waals surface area (Å²) in [6, 6.07) is 4.24. The zero-order chi connectivity index (χ0) is 11.6. The molecule has 2 atom stereocenters. The molecule has 0 aliphatic rings. The summed E-state index contributed by atoms with van der Waals surface area (Å²) in [5.74, 6) is 1.26. The number of alkyl halides is 1. The highest BCUT2D eigenvalue weighted by atomic mass is 35.5. The Bertz CT molecular complexity index is 345. The highest BCUT2D eigenvalue weighted by molar-refractivity contribution is 6.20. The number of ether oxygens (including phenoxy) is 1. The maximum absolute atomic E-state index is 6.15. The van der Waals surface area contributed by atoms with Gasteiger partial charge in [-0.3, -0.25) is 0 Å². The molecule has 84 valence electrons. The van der Waals surface area contributed by atoms with Crippen LogP contribution in [0.15, 0.2) is 12.1 Å². The molecule has 1 aromatic carbocycles. The Hall–Kier alpha value is -0.690. The minimum atomic E-state index is 0.111. The fourth-order valence-electron chi connectivity index (χ4n) is 1.92. The molecule has 2 heteroatoms. The zero-order valence-corrected chi connectivity index (χ0v) is 10.9. The van der Waals surface area contributed by atoms with Crippen LogP contribution in [0.4, 0.5) is 0 Å². The Labute approximate surface area is 97.4 Å². The quantitative estimate of drug-likeness (QED) is 0.707. The fourth-order valence-corrected chi connectivity index (χ4v) is 2.05. The van der Waals surface area contributed by atoms with Crippen LogP contribution in [0.5, 0.6) is 5.75 Å². The maximum atomic E-state index is 6.15. The zero-order valence-electron chi connectivity index (χ0n) is 10.1. The van der Waals surface area contributed by atoms with Crippen LogP contribution in [-0.2, 0) is 0 Å². The van der Waals surface area contributed by atoms with Crippen LogP contribution in [-0.4, -0.2) is 12.5 Å². The lowest BCUT2D eigenvalue weighted by molar-refractivity contribution is 0.405. The molecule has 0 amide bonds. The van der Waals surface area contributed by atoms with E-state index in [1.54, 1.807) is 7.11 Å². The van der Waals surface area contributed by atoms with Gasteiger partial charge in [0.25, 0.3) is 0 Å². The third-order valence-electron chi connectivity index (χ3n) is 2.86. The Kier molecular flexibility index (Phi) is 4.04. The lowest BCUT2D eigenvalue weighted by atomic mass is 9.92. The van der Waals surface area contributed by atoms with Crippen molar-refractivity contribution >= 4 is 11.6 Å². The van der Waals surface area contributed by atoms with E-state index < -0.39 is 0 Å². The molecular weight excluding hydrogens is 208 g/mol. The van der Waals surface area contributed by atoms with Gasteiger partial charge in [0.15, 0.2) is 0 Å². The molecule has 2 unspecified atom stereocenters. The maximum Gasteiger partial charge on any atom is 0.122 e. The molecule has 1 rings (SSSR count). The van der Waals surface area contributed by atoms with Gasteiger partial charge in [-0.05, 0) is 38.0 Å². The van der Waals surface area contributed by atoms with Crippen molar-refractivity contribution in [3.05, 3.63) is 28.8 Å². The molecule has 1 nitrogen and oxygen atoms in total. The van der Waals surface area contributed by atoms with Crippen LogP contribution < -0.4 is 4.74 Å². The summed E-state index contributed by atoms with van der Waals surface area (Å²) >= 11 is 6.15. The average Bonchev–Trinajstić information content (AvgIpc) is 2.15. The van der Waals surface area contributed by atoms with Gasteiger partial charge in [0.05, 0.1) is 7.11 Å². The average molecular weight is 227 g/mol. The van der Waals surface area contributed by atoms with Gasteiger partial charge in [-0.1, -0.05) is 13.0 Å². The van der Waals surface area contributed by atoms with Crippen molar-refractivity contribution in [2.24, 2.45) is 0 Å². The predicted molar refractivity (Wildman–Crippen MR) is 66.2 cm³/mol. The molecule has 0 saturated heterocycles. The van der Waals surface area contributed by atoms with Gasteiger partial charge in [0.1, 0.15) is 5.75 Å². The number of halogens is 1. The number of hydrogen-bond acceptors (Lipinski definition) is 1. The summed E-state index contributed by atoms with van der Waals surface area (Å²) in [4.78, 5) is 0. The minimum absolute atomic E-state index is 0.111. The number of hydrogen-bond donors (Lipinski definition) is 0. The van der Waals surface area contributed by atoms with Crippen molar-refractivity contribution in [3.63, 3.8) is 0 Å². The lowest BCUT2D eigenvalue weighted by Gasteiger charge is -2.20. The molecule has 0 N–H and O–H groups in total. The van der Waals surface area contributed by atoms with Crippen LogP contribution in [0.2, 0.25) is 0 Å². The SMILES string of the molecule is COc1cc(C)cc(C)c1C(C)C(C)Cl. The predicted octanol–water partition coefficient (Wildman–Crippen LogP) is 4.04. The molecule has 0 heterocycles. The summed E-state index contributed by atoms with van der Waals surface area (Å²) in [5.41, 5.74) is 3.71. The lowest BCUT2D eigenvalue weighted by Crippen LogP contribution is -2.09. The monoisotopic (exact) mass is 226 g/mol. The van der Waals surface area contributed by atoms with E-state index in [0.29, 0.717) is 5.92 Å². The van der Waals surface area contributed by atoms with Crippen molar-refractivity contribution in [2.45, 2.75) is 39.0 Å². The first-order valence-corrected chi connectivity index (χ1v) is 5.70. The van der Waals surface area contributed by atoms with E-state index in [1.807, 2.05) is 6.92 Å². The molecule has 15 heavy (non-hydrogen) atoms. The van der Waals surface area contributed by atoms with Crippen molar-refractivity contribution in [1.29, 1.82) is 0 Å². The van der Waals surface area contributed by atoms with Gasteiger partial charge in [-0.2, -0.15) is 0 Å². The molecular formula is C13H19ClO. The molecule has 0 radical (unpaired) electrons. The van der Waals surface area contributed by atoms with E-state index in [9.17, 15) is 0 Å². The van der Waals surface area contributed by atoms with Crippen molar-refractivity contribution < 1.29 is 4.74 Å². The molecule has 0 aliphatic heterocycles. The molecule has 0 spiro atoms. The van der Waals surface area contributed by atoms with E-state index in [0.717, 1.165) is 5.75 Å². The number of aryl methyl sites for hydroxylation is 2. The molecule has 1 aromatic rings. The highest BCUT2D eigenvalue weighted by Crippen LogP contribution is 2.34. The van der Waals surface area contributed by atoms with Crippen LogP contribution in [0.1, 0.15) is 36.5 Å². The third kappa shape index (κ3) is 2.66. The highest BCUT2D eigenvalue weighted by Gasteiger charge is 2.18. The Morgan fingerprint density at radius 1 is 1.20 bits per heavy atom. The second-order valence-electron chi connectivity index (χ2n) is 4.16. The van der Waals surface area contributed by atoms with Gasteiger partial charge in [0.2, 0.25) is 0 Å². The van der Waals surface area contributed by atoms with E-state index in [2.05, 4.69) is 32.9 Å². The molecule has 0 fully saturated rings. The van der Waals surface area contributed by atoms with Crippen LogP contribution in [0, 0.1) is 13.8 Å². The van der Waals surface area contributed by atoms with Crippen LogP contribution in [0.25, 0.3) is 0 Å². The summed E-state index contributed by atoms with van der Waals surface area (Å²) < 4.78 is 5.42. The van der Waals surface area contributed by atoms with Crippen molar-refractivity contribution in [2.75, 3.05) is 7.11 Å². The van der Waals surface area contributed by atoms with Gasteiger partial charge in [-0.15, -0.1) is 11.6 Å². The normalized spacial score (nSPS) is 14.8. The second kappa shape index (κ2) is 4.89. The summed E-state index contributed by atoms with van der Waals surface area (Å²) in [5, 5.41) is 0.111. The van der Waals surface area contributed by atoms with E-state index >= 15 is 0 Å². The molecule has 0 aliphatic carbocycles. The van der Waals surface area contributed by atoms with Gasteiger partial charge in [-0.25, -0.2) is 0 Å². The number of benzene rings is 1. The standard InChI is InChI=1S/C13H19ClO/c1-8-6-9(2)13(10(3)11(4)14)12(7-8)15-5/h6-7,10-11H,1-5H3. The fraction of sp³-hybridized carbons (Fsp3) is 0.538. The van der Waals surface area contributed by atoms with Gasteiger partial charge >= 0.3 is 0 Å². The summed E-state index contributed by atoms with van der Waals surface area (Å²) in [7, 11) is 1.71. The smallest absolute Gasteiger partial charge is 0.122 e. The van der Waals surface area contributed by atoms with E-state index in [4.69, 9.17) is 16.3 Å². The topological polar surface area (TPSA) is 9.23 Å². The third-order valence-corrected chi connectivity index (χ3v) is 3.24. The van der Waals surface area contributed by atoms with Crippen LogP contribution >= 0.6 is 11.6 Å². The summed E-state index contributed by atoms with van der Waals surface area (Å²) in [6.07, 6.45) is 0. The molecule has 0 bridgehead atoms. The summed E-state index contributed by atoms with van der Waals surface area (Å²) in [6.45, 7) is 8.34. The van der Waals surface area contributed by atoms with Gasteiger partial charge < -0.3 is 4.74 Å². The first-order valence-electron chi connectivity index (χ1n) is 5.26. The Morgan fingerprint density at radius 2 is 1.80 bits per heavy atom. The molecule has 0 saturated carbocycles. The second-order valence-corrected chi connectivity index (χ2v) is 4.85.